The molecular weight excluding hydrogens is 278 g/mol. The van der Waals surface area contributed by atoms with Gasteiger partial charge in [-0.2, -0.15) is 0 Å². The van der Waals surface area contributed by atoms with Crippen LogP contribution in [0.15, 0.2) is 62.7 Å². The fourth-order valence-corrected chi connectivity index (χ4v) is 2.23. The first-order valence-corrected chi connectivity index (χ1v) is 6.88. The highest BCUT2D eigenvalue weighted by molar-refractivity contribution is 5.86. The number of hydrogen-bond acceptors (Lipinski definition) is 4. The van der Waals surface area contributed by atoms with Crippen LogP contribution in [-0.2, 0) is 0 Å². The van der Waals surface area contributed by atoms with Crippen molar-refractivity contribution in [1.29, 1.82) is 0 Å². The lowest BCUT2D eigenvalue weighted by Crippen LogP contribution is -1.97. The lowest BCUT2D eigenvalue weighted by Gasteiger charge is -2.01. The van der Waals surface area contributed by atoms with Crippen molar-refractivity contribution in [1.82, 2.24) is 0 Å². The third-order valence-corrected chi connectivity index (χ3v) is 3.41. The van der Waals surface area contributed by atoms with Gasteiger partial charge in [0.25, 0.3) is 0 Å². The SMILES string of the molecule is COc1ccc(C=Nc2ccc3c(C)cc(=O)oc3c2)cc1. The van der Waals surface area contributed by atoms with Crippen molar-refractivity contribution in [3.8, 4) is 5.75 Å². The summed E-state index contributed by atoms with van der Waals surface area (Å²) in [4.78, 5) is 15.9. The molecule has 4 heteroatoms. The molecule has 0 saturated carbocycles. The smallest absolute Gasteiger partial charge is 0.336 e. The predicted molar refractivity (Wildman–Crippen MR) is 87.5 cm³/mol. The third kappa shape index (κ3) is 2.91. The maximum atomic E-state index is 11.4. The minimum absolute atomic E-state index is 0.346. The number of rotatable bonds is 3. The first-order valence-electron chi connectivity index (χ1n) is 6.88. The topological polar surface area (TPSA) is 51.8 Å². The van der Waals surface area contributed by atoms with Crippen LogP contribution in [0.1, 0.15) is 11.1 Å². The molecule has 4 nitrogen and oxygen atoms in total. The molecule has 3 rings (SSSR count). The zero-order valence-corrected chi connectivity index (χ0v) is 12.4. The standard InChI is InChI=1S/C18H15NO3/c1-12-9-18(20)22-17-10-14(5-8-16(12)17)19-11-13-3-6-15(21-2)7-4-13/h3-11H,1-2H3. The van der Waals surface area contributed by atoms with Crippen LogP contribution in [-0.4, -0.2) is 13.3 Å². The van der Waals surface area contributed by atoms with E-state index in [0.717, 1.165) is 28.0 Å². The number of hydrogen-bond donors (Lipinski definition) is 0. The van der Waals surface area contributed by atoms with Gasteiger partial charge in [-0.25, -0.2) is 4.79 Å². The molecule has 0 aliphatic carbocycles. The Morgan fingerprint density at radius 1 is 1.09 bits per heavy atom. The van der Waals surface area contributed by atoms with E-state index in [4.69, 9.17) is 9.15 Å². The van der Waals surface area contributed by atoms with E-state index in [1.165, 1.54) is 6.07 Å². The Morgan fingerprint density at radius 2 is 1.86 bits per heavy atom. The third-order valence-electron chi connectivity index (χ3n) is 3.41. The van der Waals surface area contributed by atoms with Crippen molar-refractivity contribution in [3.63, 3.8) is 0 Å². The van der Waals surface area contributed by atoms with Gasteiger partial charge in [-0.1, -0.05) is 0 Å². The zero-order valence-electron chi connectivity index (χ0n) is 12.4. The van der Waals surface area contributed by atoms with E-state index in [1.54, 1.807) is 19.4 Å². The van der Waals surface area contributed by atoms with Gasteiger partial charge in [-0.15, -0.1) is 0 Å². The van der Waals surface area contributed by atoms with Gasteiger partial charge in [0.1, 0.15) is 11.3 Å². The molecule has 2 aromatic carbocycles. The van der Waals surface area contributed by atoms with Crippen molar-refractivity contribution < 1.29 is 9.15 Å². The Bertz CT molecular complexity index is 892. The van der Waals surface area contributed by atoms with Crippen LogP contribution < -0.4 is 10.4 Å². The lowest BCUT2D eigenvalue weighted by atomic mass is 10.1. The molecule has 0 fully saturated rings. The summed E-state index contributed by atoms with van der Waals surface area (Å²) in [5.41, 5.74) is 2.80. The fourth-order valence-electron chi connectivity index (χ4n) is 2.23. The van der Waals surface area contributed by atoms with Crippen LogP contribution in [0.4, 0.5) is 5.69 Å². The second-order valence-electron chi connectivity index (χ2n) is 4.96. The molecule has 0 aliphatic rings. The number of aryl methyl sites for hydroxylation is 1. The van der Waals surface area contributed by atoms with E-state index in [9.17, 15) is 4.79 Å². The largest absolute Gasteiger partial charge is 0.497 e. The molecule has 0 spiro atoms. The van der Waals surface area contributed by atoms with Gasteiger partial charge in [-0.3, -0.25) is 4.99 Å². The first kappa shape index (κ1) is 14.1. The van der Waals surface area contributed by atoms with Crippen LogP contribution in [0.25, 0.3) is 11.0 Å². The molecule has 1 heterocycles. The highest BCUT2D eigenvalue weighted by atomic mass is 16.5. The average molecular weight is 293 g/mol. The van der Waals surface area contributed by atoms with Gasteiger partial charge in [0.2, 0.25) is 0 Å². The van der Waals surface area contributed by atoms with Crippen molar-refractivity contribution in [2.45, 2.75) is 6.92 Å². The number of benzene rings is 2. The number of aliphatic imine (C=N–C) groups is 1. The van der Waals surface area contributed by atoms with Crippen LogP contribution >= 0.6 is 0 Å². The van der Waals surface area contributed by atoms with Crippen LogP contribution in [0.3, 0.4) is 0 Å². The van der Waals surface area contributed by atoms with Crippen LogP contribution in [0.2, 0.25) is 0 Å². The van der Waals surface area contributed by atoms with Gasteiger partial charge in [-0.05, 0) is 54.4 Å². The van der Waals surface area contributed by atoms with E-state index in [2.05, 4.69) is 4.99 Å². The Labute approximate surface area is 127 Å². The summed E-state index contributed by atoms with van der Waals surface area (Å²) in [7, 11) is 1.63. The Balaban J connectivity index is 1.92. The minimum atomic E-state index is -0.346. The summed E-state index contributed by atoms with van der Waals surface area (Å²) in [6.45, 7) is 1.89. The molecule has 0 atom stereocenters. The average Bonchev–Trinajstić information content (AvgIpc) is 2.53. The van der Waals surface area contributed by atoms with Gasteiger partial charge >= 0.3 is 5.63 Å². The Morgan fingerprint density at radius 3 is 2.59 bits per heavy atom. The van der Waals surface area contributed by atoms with Crippen molar-refractivity contribution >= 4 is 22.9 Å². The highest BCUT2D eigenvalue weighted by Gasteiger charge is 2.02. The van der Waals surface area contributed by atoms with Gasteiger partial charge in [0.05, 0.1) is 12.8 Å². The number of nitrogens with zero attached hydrogens (tertiary/aromatic N) is 1. The molecule has 110 valence electrons. The van der Waals surface area contributed by atoms with E-state index >= 15 is 0 Å². The molecule has 0 saturated heterocycles. The molecule has 3 aromatic rings. The molecule has 0 N–H and O–H groups in total. The second-order valence-corrected chi connectivity index (χ2v) is 4.96. The molecule has 0 unspecified atom stereocenters. The Hall–Kier alpha value is -2.88. The van der Waals surface area contributed by atoms with E-state index < -0.39 is 0 Å². The molecule has 1 aromatic heterocycles. The number of fused-ring (bicyclic) bond motifs is 1. The maximum Gasteiger partial charge on any atom is 0.336 e. The lowest BCUT2D eigenvalue weighted by molar-refractivity contribution is 0.415. The van der Waals surface area contributed by atoms with E-state index in [1.807, 2.05) is 43.3 Å². The molecule has 22 heavy (non-hydrogen) atoms. The summed E-state index contributed by atoms with van der Waals surface area (Å²) in [5.74, 6) is 0.806. The normalized spacial score (nSPS) is 11.2. The quantitative estimate of drug-likeness (QED) is 0.544. The molecule has 0 radical (unpaired) electrons. The summed E-state index contributed by atoms with van der Waals surface area (Å²) in [5, 5.41) is 0.919. The van der Waals surface area contributed by atoms with E-state index in [-0.39, 0.29) is 5.63 Å². The first-order chi connectivity index (χ1) is 10.7. The number of methoxy groups -OCH3 is 1. The fraction of sp³-hybridized carbons (Fsp3) is 0.111. The summed E-state index contributed by atoms with van der Waals surface area (Å²) >= 11 is 0. The minimum Gasteiger partial charge on any atom is -0.497 e. The van der Waals surface area contributed by atoms with Crippen molar-refractivity contribution in [2.24, 2.45) is 4.99 Å². The number of ether oxygens (including phenoxy) is 1. The van der Waals surface area contributed by atoms with Gasteiger partial charge in [0, 0.05) is 23.7 Å². The van der Waals surface area contributed by atoms with Gasteiger partial charge in [0.15, 0.2) is 0 Å². The second kappa shape index (κ2) is 5.85. The van der Waals surface area contributed by atoms with E-state index in [0.29, 0.717) is 5.58 Å². The molecule has 0 aliphatic heterocycles. The zero-order chi connectivity index (χ0) is 15.5. The predicted octanol–water partition coefficient (Wildman–Crippen LogP) is 3.86. The van der Waals surface area contributed by atoms with Crippen molar-refractivity contribution in [2.75, 3.05) is 7.11 Å². The van der Waals surface area contributed by atoms with Crippen LogP contribution in [0, 0.1) is 6.92 Å². The molecule has 0 bridgehead atoms. The molecular formula is C18H15NO3. The highest BCUT2D eigenvalue weighted by Crippen LogP contribution is 2.22. The Kier molecular flexibility index (Phi) is 3.74. The van der Waals surface area contributed by atoms with Crippen LogP contribution in [0.5, 0.6) is 5.75 Å². The summed E-state index contributed by atoms with van der Waals surface area (Å²) < 4.78 is 10.3. The van der Waals surface area contributed by atoms with Gasteiger partial charge < -0.3 is 9.15 Å². The summed E-state index contributed by atoms with van der Waals surface area (Å²) in [6.07, 6.45) is 1.76. The monoisotopic (exact) mass is 293 g/mol. The molecule has 0 amide bonds. The summed E-state index contributed by atoms with van der Waals surface area (Å²) in [6, 6.07) is 14.7. The maximum absolute atomic E-state index is 11.4. The van der Waals surface area contributed by atoms with Crippen molar-refractivity contribution in [3.05, 3.63) is 70.1 Å².